The smallest absolute Gasteiger partial charge is 0.141 e. The van der Waals surface area contributed by atoms with Crippen molar-refractivity contribution < 1.29 is 9.47 Å². The highest BCUT2D eigenvalue weighted by atomic mass is 79.9. The van der Waals surface area contributed by atoms with E-state index in [1.807, 2.05) is 12.1 Å². The molecule has 0 saturated heterocycles. The van der Waals surface area contributed by atoms with Crippen LogP contribution in [-0.2, 0) is 0 Å². The third-order valence-electron chi connectivity index (χ3n) is 4.48. The van der Waals surface area contributed by atoms with Crippen LogP contribution in [0, 0.1) is 11.8 Å². The number of halogens is 1. The van der Waals surface area contributed by atoms with Crippen molar-refractivity contribution in [1.29, 1.82) is 0 Å². The van der Waals surface area contributed by atoms with E-state index in [0.717, 1.165) is 27.5 Å². The van der Waals surface area contributed by atoms with E-state index in [4.69, 9.17) is 15.3 Å². The van der Waals surface area contributed by atoms with Crippen molar-refractivity contribution >= 4 is 15.9 Å². The van der Waals surface area contributed by atoms with E-state index in [0.29, 0.717) is 5.92 Å². The summed E-state index contributed by atoms with van der Waals surface area (Å²) in [6, 6.07) is 4.11. The van der Waals surface area contributed by atoms with Crippen molar-refractivity contribution in [3.05, 3.63) is 22.2 Å². The summed E-state index contributed by atoms with van der Waals surface area (Å²) in [4.78, 5) is 0. The van der Waals surface area contributed by atoms with Crippen LogP contribution in [0.15, 0.2) is 16.6 Å². The standard InChI is InChI=1S/C16H25BrN2O2/c1-10-5-4-6-11(9-10)15(19-18)12-7-8-13(20-2)14(17)16(12)21-3/h7-8,10-11,15,19H,4-6,9,18H2,1-3H3. The molecular formula is C16H25BrN2O2. The molecule has 0 spiro atoms. The molecule has 1 aliphatic carbocycles. The fourth-order valence-electron chi connectivity index (χ4n) is 3.43. The Morgan fingerprint density at radius 1 is 1.29 bits per heavy atom. The summed E-state index contributed by atoms with van der Waals surface area (Å²) in [5.74, 6) is 8.73. The Labute approximate surface area is 135 Å². The fraction of sp³-hybridized carbons (Fsp3) is 0.625. The second-order valence-corrected chi connectivity index (χ2v) is 6.67. The lowest BCUT2D eigenvalue weighted by Crippen LogP contribution is -2.35. The molecule has 1 saturated carbocycles. The molecule has 21 heavy (non-hydrogen) atoms. The van der Waals surface area contributed by atoms with Gasteiger partial charge in [-0.2, -0.15) is 0 Å². The van der Waals surface area contributed by atoms with E-state index < -0.39 is 0 Å². The van der Waals surface area contributed by atoms with Gasteiger partial charge in [0.15, 0.2) is 0 Å². The maximum absolute atomic E-state index is 5.87. The quantitative estimate of drug-likeness (QED) is 0.622. The van der Waals surface area contributed by atoms with E-state index in [-0.39, 0.29) is 6.04 Å². The van der Waals surface area contributed by atoms with E-state index in [2.05, 4.69) is 28.3 Å². The minimum Gasteiger partial charge on any atom is -0.495 e. The van der Waals surface area contributed by atoms with Crippen molar-refractivity contribution in [2.45, 2.75) is 38.6 Å². The zero-order valence-electron chi connectivity index (χ0n) is 13.0. The van der Waals surface area contributed by atoms with E-state index >= 15 is 0 Å². The van der Waals surface area contributed by atoms with Crippen LogP contribution < -0.4 is 20.7 Å². The summed E-state index contributed by atoms with van der Waals surface area (Å²) in [5.41, 5.74) is 4.10. The van der Waals surface area contributed by atoms with Crippen molar-refractivity contribution in [3.63, 3.8) is 0 Å². The number of methoxy groups -OCH3 is 2. The van der Waals surface area contributed by atoms with Crippen molar-refractivity contribution in [1.82, 2.24) is 5.43 Å². The molecular weight excluding hydrogens is 332 g/mol. The lowest BCUT2D eigenvalue weighted by Gasteiger charge is -2.34. The molecule has 0 radical (unpaired) electrons. The van der Waals surface area contributed by atoms with E-state index in [1.165, 1.54) is 25.7 Å². The van der Waals surface area contributed by atoms with E-state index in [1.54, 1.807) is 14.2 Å². The Bertz CT molecular complexity index is 482. The zero-order chi connectivity index (χ0) is 15.4. The summed E-state index contributed by atoms with van der Waals surface area (Å²) in [6.45, 7) is 2.32. The maximum Gasteiger partial charge on any atom is 0.141 e. The number of ether oxygens (including phenoxy) is 2. The number of hydrogen-bond acceptors (Lipinski definition) is 4. The first-order chi connectivity index (χ1) is 10.1. The second kappa shape index (κ2) is 7.47. The van der Waals surface area contributed by atoms with Crippen LogP contribution in [0.4, 0.5) is 0 Å². The van der Waals surface area contributed by atoms with Gasteiger partial charge in [-0.05, 0) is 52.7 Å². The second-order valence-electron chi connectivity index (χ2n) is 5.88. The predicted molar refractivity (Wildman–Crippen MR) is 88.4 cm³/mol. The molecule has 3 atom stereocenters. The van der Waals surface area contributed by atoms with Crippen molar-refractivity contribution in [2.75, 3.05) is 14.2 Å². The maximum atomic E-state index is 5.87. The fourth-order valence-corrected chi connectivity index (χ4v) is 4.11. The van der Waals surface area contributed by atoms with Crippen LogP contribution in [-0.4, -0.2) is 14.2 Å². The topological polar surface area (TPSA) is 56.5 Å². The van der Waals surface area contributed by atoms with Gasteiger partial charge >= 0.3 is 0 Å². The van der Waals surface area contributed by atoms with E-state index in [9.17, 15) is 0 Å². The summed E-state index contributed by atoms with van der Waals surface area (Å²) in [7, 11) is 3.33. The minimum atomic E-state index is 0.102. The van der Waals surface area contributed by atoms with Crippen LogP contribution >= 0.6 is 15.9 Å². The molecule has 0 aromatic heterocycles. The van der Waals surface area contributed by atoms with Gasteiger partial charge < -0.3 is 9.47 Å². The molecule has 1 fully saturated rings. The highest BCUT2D eigenvalue weighted by Crippen LogP contribution is 2.44. The SMILES string of the molecule is COc1ccc(C(NN)C2CCCC(C)C2)c(OC)c1Br. The highest BCUT2D eigenvalue weighted by Gasteiger charge is 2.30. The van der Waals surface area contributed by atoms with Gasteiger partial charge in [0.2, 0.25) is 0 Å². The molecule has 4 nitrogen and oxygen atoms in total. The number of nitrogens with two attached hydrogens (primary N) is 1. The Hall–Kier alpha value is -0.780. The molecule has 3 N–H and O–H groups in total. The Balaban J connectivity index is 2.35. The number of hydrogen-bond donors (Lipinski definition) is 2. The van der Waals surface area contributed by atoms with Crippen LogP contribution in [0.25, 0.3) is 0 Å². The lowest BCUT2D eigenvalue weighted by molar-refractivity contribution is 0.221. The van der Waals surface area contributed by atoms with Crippen LogP contribution in [0.1, 0.15) is 44.2 Å². The van der Waals surface area contributed by atoms with Gasteiger partial charge in [0, 0.05) is 5.56 Å². The molecule has 3 unspecified atom stereocenters. The van der Waals surface area contributed by atoms with Gasteiger partial charge in [0.25, 0.3) is 0 Å². The molecule has 118 valence electrons. The molecule has 1 aromatic rings. The third kappa shape index (κ3) is 3.52. The first kappa shape index (κ1) is 16.6. The normalized spacial score (nSPS) is 23.7. The molecule has 1 aliphatic rings. The van der Waals surface area contributed by atoms with Gasteiger partial charge in [-0.3, -0.25) is 11.3 Å². The molecule has 0 amide bonds. The van der Waals surface area contributed by atoms with Gasteiger partial charge in [0.1, 0.15) is 16.0 Å². The largest absolute Gasteiger partial charge is 0.495 e. The number of hydrazine groups is 1. The zero-order valence-corrected chi connectivity index (χ0v) is 14.6. The molecule has 0 bridgehead atoms. The lowest BCUT2D eigenvalue weighted by atomic mass is 9.77. The first-order valence-electron chi connectivity index (χ1n) is 7.48. The average molecular weight is 357 g/mol. The molecule has 2 rings (SSSR count). The van der Waals surface area contributed by atoms with Crippen LogP contribution in [0.3, 0.4) is 0 Å². The molecule has 1 aromatic carbocycles. The summed E-state index contributed by atoms with van der Waals surface area (Å²) >= 11 is 3.57. The molecule has 0 heterocycles. The van der Waals surface area contributed by atoms with Gasteiger partial charge in [-0.15, -0.1) is 0 Å². The summed E-state index contributed by atoms with van der Waals surface area (Å²) in [5, 5.41) is 0. The third-order valence-corrected chi connectivity index (χ3v) is 5.23. The monoisotopic (exact) mass is 356 g/mol. The molecule has 0 aliphatic heterocycles. The van der Waals surface area contributed by atoms with Crippen LogP contribution in [0.5, 0.6) is 11.5 Å². The molecule has 5 heteroatoms. The predicted octanol–water partition coefficient (Wildman–Crippen LogP) is 3.80. The van der Waals surface area contributed by atoms with Crippen LogP contribution in [0.2, 0.25) is 0 Å². The number of nitrogens with one attached hydrogen (secondary N) is 1. The van der Waals surface area contributed by atoms with Gasteiger partial charge in [-0.25, -0.2) is 0 Å². The van der Waals surface area contributed by atoms with Crippen molar-refractivity contribution in [2.24, 2.45) is 17.7 Å². The average Bonchev–Trinajstić information content (AvgIpc) is 2.48. The summed E-state index contributed by atoms with van der Waals surface area (Å²) in [6.07, 6.45) is 4.98. The first-order valence-corrected chi connectivity index (χ1v) is 8.28. The Morgan fingerprint density at radius 3 is 2.62 bits per heavy atom. The van der Waals surface area contributed by atoms with Gasteiger partial charge in [-0.1, -0.05) is 19.8 Å². The Kier molecular flexibility index (Phi) is 5.90. The number of rotatable bonds is 5. The minimum absolute atomic E-state index is 0.102. The van der Waals surface area contributed by atoms with Gasteiger partial charge in [0.05, 0.1) is 20.3 Å². The highest BCUT2D eigenvalue weighted by molar-refractivity contribution is 9.10. The number of benzene rings is 1. The summed E-state index contributed by atoms with van der Waals surface area (Å²) < 4.78 is 11.8. The van der Waals surface area contributed by atoms with Crippen molar-refractivity contribution in [3.8, 4) is 11.5 Å². The Morgan fingerprint density at radius 2 is 2.05 bits per heavy atom.